The molecule has 9 heteroatoms. The Morgan fingerprint density at radius 3 is 2.75 bits per heavy atom. The van der Waals surface area contributed by atoms with Crippen molar-refractivity contribution in [3.63, 3.8) is 0 Å². The second kappa shape index (κ2) is 6.45. The zero-order valence-corrected chi connectivity index (χ0v) is 15.2. The first-order chi connectivity index (χ1) is 13.6. The van der Waals surface area contributed by atoms with Gasteiger partial charge in [-0.05, 0) is 13.0 Å². The molecule has 7 nitrogen and oxygen atoms in total. The number of benzene rings is 1. The van der Waals surface area contributed by atoms with Gasteiger partial charge < -0.3 is 24.5 Å². The molecule has 28 heavy (non-hydrogen) atoms. The van der Waals surface area contributed by atoms with E-state index in [2.05, 4.69) is 25.7 Å². The predicted molar refractivity (Wildman–Crippen MR) is 102 cm³/mol. The van der Waals surface area contributed by atoms with E-state index in [1.54, 1.807) is 29.8 Å². The van der Waals surface area contributed by atoms with Crippen LogP contribution >= 0.6 is 0 Å². The molecule has 0 aliphatic carbocycles. The zero-order chi connectivity index (χ0) is 19.3. The van der Waals surface area contributed by atoms with Gasteiger partial charge >= 0.3 is 0 Å². The third kappa shape index (κ3) is 2.84. The molecule has 0 radical (unpaired) electrons. The number of halogens is 2. The molecule has 2 N–H and O–H groups in total. The monoisotopic (exact) mass is 384 g/mol. The Hall–Kier alpha value is -3.20. The molecule has 0 spiro atoms. The summed E-state index contributed by atoms with van der Waals surface area (Å²) in [5.41, 5.74) is 2.46. The number of rotatable bonds is 3. The summed E-state index contributed by atoms with van der Waals surface area (Å²) in [5, 5.41) is 10.4. The molecule has 5 rings (SSSR count). The fraction of sp³-hybridized carbons (Fsp3) is 0.263. The van der Waals surface area contributed by atoms with Crippen LogP contribution in [0.25, 0.3) is 16.6 Å². The number of piperazine rings is 1. The fourth-order valence-electron chi connectivity index (χ4n) is 3.59. The number of nitrogens with one attached hydrogen (secondary N) is 2. The van der Waals surface area contributed by atoms with E-state index in [1.807, 2.05) is 0 Å². The quantitative estimate of drug-likeness (QED) is 0.565. The lowest BCUT2D eigenvalue weighted by Crippen LogP contribution is -2.43. The van der Waals surface area contributed by atoms with E-state index in [0.717, 1.165) is 31.9 Å². The van der Waals surface area contributed by atoms with Crippen LogP contribution in [0.15, 0.2) is 35.1 Å². The summed E-state index contributed by atoms with van der Waals surface area (Å²) in [7, 11) is 0. The number of hydrogen-bond donors (Lipinski definition) is 2. The molecule has 0 atom stereocenters. The zero-order valence-electron chi connectivity index (χ0n) is 15.2. The van der Waals surface area contributed by atoms with E-state index in [0.29, 0.717) is 17.0 Å². The number of aryl methyl sites for hydroxylation is 1. The van der Waals surface area contributed by atoms with Crippen LogP contribution in [0.5, 0.6) is 0 Å². The minimum atomic E-state index is -0.479. The van der Waals surface area contributed by atoms with Gasteiger partial charge in [0.15, 0.2) is 22.9 Å². The SMILES string of the molecule is Cc1cn2cc(Nc3noc4cc(N5CCNCC5)cc(F)c34)cc(F)c2n1. The van der Waals surface area contributed by atoms with Gasteiger partial charge in [0, 0.05) is 56.4 Å². The Bertz CT molecular complexity index is 1180. The maximum absolute atomic E-state index is 14.9. The third-order valence-corrected chi connectivity index (χ3v) is 4.88. The third-order valence-electron chi connectivity index (χ3n) is 4.88. The summed E-state index contributed by atoms with van der Waals surface area (Å²) in [6, 6.07) is 4.57. The number of pyridine rings is 1. The lowest BCUT2D eigenvalue weighted by atomic mass is 10.2. The summed E-state index contributed by atoms with van der Waals surface area (Å²) >= 11 is 0. The summed E-state index contributed by atoms with van der Waals surface area (Å²) in [5.74, 6) is -0.711. The molecule has 1 fully saturated rings. The molecule has 1 aliphatic heterocycles. The molecule has 144 valence electrons. The van der Waals surface area contributed by atoms with E-state index < -0.39 is 11.6 Å². The molecule has 1 saturated heterocycles. The lowest BCUT2D eigenvalue weighted by Gasteiger charge is -2.29. The first kappa shape index (κ1) is 16.9. The van der Waals surface area contributed by atoms with E-state index in [1.165, 1.54) is 12.1 Å². The topological polar surface area (TPSA) is 70.6 Å². The Kier molecular flexibility index (Phi) is 3.90. The van der Waals surface area contributed by atoms with Gasteiger partial charge in [-0.3, -0.25) is 0 Å². The fourth-order valence-corrected chi connectivity index (χ4v) is 3.59. The van der Waals surface area contributed by atoms with Gasteiger partial charge in [0.1, 0.15) is 11.2 Å². The Morgan fingerprint density at radius 1 is 1.11 bits per heavy atom. The van der Waals surface area contributed by atoms with E-state index in [-0.39, 0.29) is 16.9 Å². The van der Waals surface area contributed by atoms with Crippen molar-refractivity contribution in [1.82, 2.24) is 19.9 Å². The molecule has 1 aliphatic rings. The first-order valence-corrected chi connectivity index (χ1v) is 9.05. The molecular weight excluding hydrogens is 366 g/mol. The highest BCUT2D eigenvalue weighted by Crippen LogP contribution is 2.32. The van der Waals surface area contributed by atoms with E-state index in [9.17, 15) is 8.78 Å². The van der Waals surface area contributed by atoms with Crippen molar-refractivity contribution in [1.29, 1.82) is 0 Å². The predicted octanol–water partition coefficient (Wildman–Crippen LogP) is 3.22. The Balaban J connectivity index is 1.51. The van der Waals surface area contributed by atoms with E-state index in [4.69, 9.17) is 4.52 Å². The molecule has 1 aromatic carbocycles. The highest BCUT2D eigenvalue weighted by molar-refractivity contribution is 5.92. The summed E-state index contributed by atoms with van der Waals surface area (Å²) in [6.07, 6.45) is 3.39. The Labute approximate surface area is 158 Å². The van der Waals surface area contributed by atoms with Crippen LogP contribution in [-0.2, 0) is 0 Å². The second-order valence-electron chi connectivity index (χ2n) is 6.88. The van der Waals surface area contributed by atoms with Crippen LogP contribution in [0.1, 0.15) is 5.69 Å². The molecular formula is C19H18F2N6O. The van der Waals surface area contributed by atoms with Crippen molar-refractivity contribution in [2.24, 2.45) is 0 Å². The highest BCUT2D eigenvalue weighted by atomic mass is 19.1. The minimum absolute atomic E-state index is 0.204. The van der Waals surface area contributed by atoms with Gasteiger partial charge in [0.25, 0.3) is 0 Å². The van der Waals surface area contributed by atoms with Crippen molar-refractivity contribution in [2.75, 3.05) is 36.4 Å². The van der Waals surface area contributed by atoms with Crippen LogP contribution < -0.4 is 15.5 Å². The van der Waals surface area contributed by atoms with Gasteiger partial charge in [-0.1, -0.05) is 5.16 Å². The summed E-state index contributed by atoms with van der Waals surface area (Å²) in [4.78, 5) is 6.22. The molecule has 0 bridgehead atoms. The molecule has 0 saturated carbocycles. The first-order valence-electron chi connectivity index (χ1n) is 9.05. The van der Waals surface area contributed by atoms with Crippen molar-refractivity contribution in [3.05, 3.63) is 47.9 Å². The largest absolute Gasteiger partial charge is 0.369 e. The highest BCUT2D eigenvalue weighted by Gasteiger charge is 2.19. The number of aromatic nitrogens is 3. The number of fused-ring (bicyclic) bond motifs is 2. The van der Waals surface area contributed by atoms with Gasteiger partial charge in [-0.25, -0.2) is 13.8 Å². The van der Waals surface area contributed by atoms with Crippen LogP contribution in [0, 0.1) is 18.6 Å². The van der Waals surface area contributed by atoms with Crippen molar-refractivity contribution in [2.45, 2.75) is 6.92 Å². The second-order valence-corrected chi connectivity index (χ2v) is 6.88. The number of hydrogen-bond acceptors (Lipinski definition) is 6. The number of nitrogens with zero attached hydrogens (tertiary/aromatic N) is 4. The molecule has 0 unspecified atom stereocenters. The molecule has 3 aromatic heterocycles. The van der Waals surface area contributed by atoms with Gasteiger partial charge in [-0.2, -0.15) is 0 Å². The normalized spacial score (nSPS) is 14.9. The van der Waals surface area contributed by atoms with Crippen LogP contribution in [0.2, 0.25) is 0 Å². The summed E-state index contributed by atoms with van der Waals surface area (Å²) in [6.45, 7) is 5.09. The standard InChI is InChI=1S/C19H18F2N6O/c1-11-9-27-10-12(6-15(21)19(27)23-11)24-18-17-14(20)7-13(8-16(17)28-25-18)26-4-2-22-3-5-26/h6-10,22H,2-5H2,1H3,(H,24,25). The van der Waals surface area contributed by atoms with Crippen LogP contribution in [0.3, 0.4) is 0 Å². The summed E-state index contributed by atoms with van der Waals surface area (Å²) < 4.78 is 36.1. The molecule has 4 aromatic rings. The van der Waals surface area contributed by atoms with Gasteiger partial charge in [0.2, 0.25) is 0 Å². The average Bonchev–Trinajstić information content (AvgIpc) is 3.26. The number of anilines is 3. The van der Waals surface area contributed by atoms with E-state index >= 15 is 0 Å². The molecule has 0 amide bonds. The van der Waals surface area contributed by atoms with Crippen molar-refractivity contribution >= 4 is 33.8 Å². The minimum Gasteiger partial charge on any atom is -0.369 e. The van der Waals surface area contributed by atoms with Crippen molar-refractivity contribution < 1.29 is 13.3 Å². The maximum atomic E-state index is 14.9. The van der Waals surface area contributed by atoms with Gasteiger partial charge in [-0.15, -0.1) is 0 Å². The molecule has 4 heterocycles. The van der Waals surface area contributed by atoms with Crippen LogP contribution in [-0.4, -0.2) is 40.7 Å². The smallest absolute Gasteiger partial charge is 0.184 e. The maximum Gasteiger partial charge on any atom is 0.184 e. The van der Waals surface area contributed by atoms with Crippen LogP contribution in [0.4, 0.5) is 26.0 Å². The average molecular weight is 384 g/mol. The van der Waals surface area contributed by atoms with Crippen molar-refractivity contribution in [3.8, 4) is 0 Å². The Morgan fingerprint density at radius 2 is 1.93 bits per heavy atom. The number of imidazole rings is 1. The van der Waals surface area contributed by atoms with Gasteiger partial charge in [0.05, 0.1) is 11.4 Å². The lowest BCUT2D eigenvalue weighted by molar-refractivity contribution is 0.459.